The van der Waals surface area contributed by atoms with Gasteiger partial charge in [0, 0.05) is 0 Å². The lowest BCUT2D eigenvalue weighted by atomic mass is 10.0. The second-order valence-electron chi connectivity index (χ2n) is 10.5. The van der Waals surface area contributed by atoms with Crippen molar-refractivity contribution in [2.75, 3.05) is 0 Å². The van der Waals surface area contributed by atoms with Crippen LogP contribution in [-0.2, 0) is 48.3 Å². The summed E-state index contributed by atoms with van der Waals surface area (Å²) in [6, 6.07) is 25.6. The summed E-state index contributed by atoms with van der Waals surface area (Å²) in [5, 5.41) is 2.42. The van der Waals surface area contributed by atoms with Gasteiger partial charge in [-0.2, -0.15) is 0 Å². The highest BCUT2D eigenvalue weighted by Crippen LogP contribution is 2.37. The zero-order valence-corrected chi connectivity index (χ0v) is 24.0. The lowest BCUT2D eigenvalue weighted by molar-refractivity contribution is -0.158. The van der Waals surface area contributed by atoms with Gasteiger partial charge in [0.25, 0.3) is 0 Å². The summed E-state index contributed by atoms with van der Waals surface area (Å²) in [6.45, 7) is 0.133. The molecule has 0 unspecified atom stereocenters. The van der Waals surface area contributed by atoms with Gasteiger partial charge in [0.15, 0.2) is 6.04 Å². The Bertz CT molecular complexity index is 1370. The van der Waals surface area contributed by atoms with E-state index in [1.807, 2.05) is 91.0 Å². The van der Waals surface area contributed by atoms with E-state index in [4.69, 9.17) is 9.47 Å². The Hall–Kier alpha value is -3.95. The molecule has 5 rings (SSSR count). The summed E-state index contributed by atoms with van der Waals surface area (Å²) in [5.74, 6) is -1.57. The van der Waals surface area contributed by atoms with Crippen molar-refractivity contribution in [2.45, 2.75) is 68.8 Å². The van der Waals surface area contributed by atoms with Crippen LogP contribution in [0, 0.1) is 0 Å². The molecule has 0 spiro atoms. The first-order valence-electron chi connectivity index (χ1n) is 14.2. The molecule has 218 valence electrons. The summed E-state index contributed by atoms with van der Waals surface area (Å²) in [6.07, 6.45) is 2.72. The average Bonchev–Trinajstić information content (AvgIpc) is 3.28. The molecular formula is C33H34N2O6S. The van der Waals surface area contributed by atoms with Gasteiger partial charge in [-0.1, -0.05) is 103 Å². The van der Waals surface area contributed by atoms with Crippen molar-refractivity contribution in [1.29, 1.82) is 0 Å². The first-order valence-corrected chi connectivity index (χ1v) is 15.1. The van der Waals surface area contributed by atoms with E-state index in [9.17, 15) is 19.2 Å². The van der Waals surface area contributed by atoms with E-state index in [1.54, 1.807) is 0 Å². The molecule has 2 heterocycles. The van der Waals surface area contributed by atoms with E-state index < -0.39 is 40.6 Å². The predicted molar refractivity (Wildman–Crippen MR) is 159 cm³/mol. The number of thioether (sulfide) groups is 1. The summed E-state index contributed by atoms with van der Waals surface area (Å²) >= 11 is 1.01. The molecule has 8 nitrogen and oxygen atoms in total. The van der Waals surface area contributed by atoms with Crippen molar-refractivity contribution in [2.24, 2.45) is 0 Å². The maximum Gasteiger partial charge on any atom is 0.338 e. The zero-order valence-electron chi connectivity index (χ0n) is 23.2. The number of carbonyl (C=O) groups is 4. The first kappa shape index (κ1) is 29.5. The van der Waals surface area contributed by atoms with Gasteiger partial charge in [0.05, 0.1) is 11.4 Å². The Morgan fingerprint density at radius 3 is 2.00 bits per heavy atom. The van der Waals surface area contributed by atoms with E-state index in [1.165, 1.54) is 4.90 Å². The van der Waals surface area contributed by atoms with Crippen LogP contribution < -0.4 is 5.32 Å². The molecule has 1 N–H and O–H groups in total. The highest BCUT2D eigenvalue weighted by atomic mass is 32.2. The molecule has 0 aliphatic carbocycles. The largest absolute Gasteiger partial charge is 0.460 e. The van der Waals surface area contributed by atoms with Crippen LogP contribution in [0.5, 0.6) is 0 Å². The normalized spacial score (nSPS) is 20.9. The first-order chi connectivity index (χ1) is 20.5. The molecule has 42 heavy (non-hydrogen) atoms. The third-order valence-corrected chi connectivity index (χ3v) is 8.67. The Balaban J connectivity index is 1.29. The van der Waals surface area contributed by atoms with Crippen LogP contribution in [0.15, 0.2) is 91.0 Å². The standard InChI is InChI=1S/C33H34N2O6S/c36-30-26(17-10-18-28-35(30)29(33(39)42-28)32(38)41-22-25-15-8-3-9-16-25)34-27(20-19-23-11-4-1-5-12-23)31(37)40-21-24-13-6-2-7-14-24/h1-9,11-16,26-29,34H,10,17-22H2/t26-,27+,28-,29+/m1/s1. The molecule has 0 radical (unpaired) electrons. The minimum atomic E-state index is -1.31. The number of benzene rings is 3. The molecule has 3 aromatic rings. The average molecular weight is 587 g/mol. The number of carbonyl (C=O) groups excluding carboxylic acids is 4. The fourth-order valence-electron chi connectivity index (χ4n) is 5.27. The van der Waals surface area contributed by atoms with Gasteiger partial charge >= 0.3 is 11.9 Å². The Morgan fingerprint density at radius 1 is 0.810 bits per heavy atom. The van der Waals surface area contributed by atoms with Crippen molar-refractivity contribution in [1.82, 2.24) is 10.2 Å². The van der Waals surface area contributed by atoms with E-state index in [-0.39, 0.29) is 19.1 Å². The van der Waals surface area contributed by atoms with Crippen LogP contribution in [0.1, 0.15) is 42.4 Å². The highest BCUT2D eigenvalue weighted by Gasteiger charge is 2.51. The predicted octanol–water partition coefficient (Wildman–Crippen LogP) is 4.41. The molecule has 2 fully saturated rings. The van der Waals surface area contributed by atoms with Crippen molar-refractivity contribution in [3.63, 3.8) is 0 Å². The van der Waals surface area contributed by atoms with Gasteiger partial charge in [-0.15, -0.1) is 0 Å². The van der Waals surface area contributed by atoms with Gasteiger partial charge in [-0.05, 0) is 48.8 Å². The second-order valence-corrected chi connectivity index (χ2v) is 11.6. The molecule has 2 aliphatic rings. The minimum Gasteiger partial charge on any atom is -0.460 e. The smallest absolute Gasteiger partial charge is 0.338 e. The summed E-state index contributed by atoms with van der Waals surface area (Å²) in [5.41, 5.74) is 2.72. The van der Waals surface area contributed by atoms with Gasteiger partial charge in [-0.3, -0.25) is 19.7 Å². The molecule has 3 aromatic carbocycles. The Kier molecular flexibility index (Phi) is 10.0. The lowest BCUT2D eigenvalue weighted by Crippen LogP contribution is -2.56. The quantitative estimate of drug-likeness (QED) is 0.260. The molecule has 1 amide bonds. The third-order valence-electron chi connectivity index (χ3n) is 7.48. The number of fused-ring (bicyclic) bond motifs is 1. The summed E-state index contributed by atoms with van der Waals surface area (Å²) < 4.78 is 11.1. The molecule has 0 saturated carbocycles. The molecule has 2 saturated heterocycles. The Labute approximate surface area is 249 Å². The molecule has 9 heteroatoms. The number of rotatable bonds is 11. The van der Waals surface area contributed by atoms with Crippen molar-refractivity contribution in [3.05, 3.63) is 108 Å². The van der Waals surface area contributed by atoms with E-state index in [0.29, 0.717) is 32.1 Å². The van der Waals surface area contributed by atoms with Crippen LogP contribution in [0.3, 0.4) is 0 Å². The number of ether oxygens (including phenoxy) is 2. The number of esters is 2. The van der Waals surface area contributed by atoms with Crippen LogP contribution in [-0.4, -0.2) is 51.4 Å². The fourth-order valence-corrected chi connectivity index (χ4v) is 6.50. The van der Waals surface area contributed by atoms with Gasteiger partial charge in [-0.25, -0.2) is 4.79 Å². The SMILES string of the molecule is O=C(OCc1ccccc1)[C@H]1C(=O)S[C@@H]2CCC[C@@H](N[C@@H](CCc3ccccc3)C(=O)OCc3ccccc3)C(=O)N12. The molecule has 0 aromatic heterocycles. The number of amides is 1. The summed E-state index contributed by atoms with van der Waals surface area (Å²) in [7, 11) is 0. The van der Waals surface area contributed by atoms with Crippen LogP contribution in [0.2, 0.25) is 0 Å². The maximum atomic E-state index is 13.9. The van der Waals surface area contributed by atoms with Gasteiger partial charge in [0.2, 0.25) is 11.0 Å². The van der Waals surface area contributed by atoms with Gasteiger partial charge < -0.3 is 14.4 Å². The van der Waals surface area contributed by atoms with Crippen LogP contribution in [0.25, 0.3) is 0 Å². The fraction of sp³-hybridized carbons (Fsp3) is 0.333. The van der Waals surface area contributed by atoms with E-state index >= 15 is 0 Å². The highest BCUT2D eigenvalue weighted by molar-refractivity contribution is 8.14. The molecule has 4 atom stereocenters. The molecule has 0 bridgehead atoms. The number of hydrogen-bond acceptors (Lipinski definition) is 8. The number of aryl methyl sites for hydroxylation is 1. The molecule has 2 aliphatic heterocycles. The number of hydrogen-bond donors (Lipinski definition) is 1. The third kappa shape index (κ3) is 7.46. The number of nitrogens with one attached hydrogen (secondary N) is 1. The maximum absolute atomic E-state index is 13.9. The van der Waals surface area contributed by atoms with Crippen LogP contribution in [0.4, 0.5) is 0 Å². The van der Waals surface area contributed by atoms with E-state index in [0.717, 1.165) is 28.5 Å². The van der Waals surface area contributed by atoms with E-state index in [2.05, 4.69) is 5.32 Å². The van der Waals surface area contributed by atoms with Crippen LogP contribution >= 0.6 is 11.8 Å². The second kappa shape index (κ2) is 14.3. The Morgan fingerprint density at radius 2 is 1.38 bits per heavy atom. The van der Waals surface area contributed by atoms with Crippen molar-refractivity contribution < 1.29 is 28.7 Å². The monoisotopic (exact) mass is 586 g/mol. The zero-order chi connectivity index (χ0) is 29.3. The van der Waals surface area contributed by atoms with Crippen molar-refractivity contribution >= 4 is 34.7 Å². The lowest BCUT2D eigenvalue weighted by Gasteiger charge is -2.29. The summed E-state index contributed by atoms with van der Waals surface area (Å²) in [4.78, 5) is 54.7. The van der Waals surface area contributed by atoms with Crippen molar-refractivity contribution in [3.8, 4) is 0 Å². The topological polar surface area (TPSA) is 102 Å². The minimum absolute atomic E-state index is 0.0112. The van der Waals surface area contributed by atoms with Gasteiger partial charge in [0.1, 0.15) is 19.3 Å². The molecular weight excluding hydrogens is 552 g/mol. The number of nitrogens with zero attached hydrogens (tertiary/aromatic N) is 1.